The van der Waals surface area contributed by atoms with Gasteiger partial charge in [-0.3, -0.25) is 0 Å². The summed E-state index contributed by atoms with van der Waals surface area (Å²) in [7, 11) is 1.10. The van der Waals surface area contributed by atoms with E-state index in [0.29, 0.717) is 23.6 Å². The van der Waals surface area contributed by atoms with E-state index in [1.54, 1.807) is 6.92 Å². The van der Waals surface area contributed by atoms with E-state index >= 15 is 0 Å². The number of nitrogens with one attached hydrogen (secondary N) is 1. The van der Waals surface area contributed by atoms with Crippen LogP contribution >= 0.6 is 0 Å². The number of hydrogen-bond acceptors (Lipinski definition) is 7. The number of aryl methyl sites for hydroxylation is 1. The maximum absolute atomic E-state index is 12.1. The zero-order valence-corrected chi connectivity index (χ0v) is 14.1. The van der Waals surface area contributed by atoms with Crippen molar-refractivity contribution in [2.24, 2.45) is 0 Å². The van der Waals surface area contributed by atoms with Gasteiger partial charge in [0.25, 0.3) is 15.9 Å². The minimum atomic E-state index is -3.64. The molecule has 2 aromatic heterocycles. The van der Waals surface area contributed by atoms with Crippen molar-refractivity contribution in [2.45, 2.75) is 31.4 Å². The second kappa shape index (κ2) is 6.19. The van der Waals surface area contributed by atoms with Gasteiger partial charge in [-0.25, -0.2) is 12.7 Å². The molecule has 0 saturated carbocycles. The summed E-state index contributed by atoms with van der Waals surface area (Å²) in [6, 6.07) is 1.62. The first-order valence-corrected chi connectivity index (χ1v) is 8.23. The Kier molecular flexibility index (Phi) is 4.69. The fourth-order valence-corrected chi connectivity index (χ4v) is 2.65. The van der Waals surface area contributed by atoms with Crippen LogP contribution in [0, 0.1) is 6.92 Å². The van der Waals surface area contributed by atoms with Crippen LogP contribution in [0.2, 0.25) is 0 Å². The lowest BCUT2D eigenvalue weighted by Gasteiger charge is -2.07. The first-order valence-electron chi connectivity index (χ1n) is 6.79. The summed E-state index contributed by atoms with van der Waals surface area (Å²) in [6.45, 7) is 3.66. The number of aromatic nitrogens is 2. The van der Waals surface area contributed by atoms with Gasteiger partial charge in [-0.15, -0.1) is 0 Å². The molecule has 0 saturated heterocycles. The van der Waals surface area contributed by atoms with Gasteiger partial charge >= 0.3 is 0 Å². The molecule has 1 unspecified atom stereocenters. The average molecular weight is 328 g/mol. The predicted molar refractivity (Wildman–Crippen MR) is 79.8 cm³/mol. The van der Waals surface area contributed by atoms with E-state index in [9.17, 15) is 8.42 Å². The Balaban J connectivity index is 2.33. The van der Waals surface area contributed by atoms with E-state index < -0.39 is 10.0 Å². The van der Waals surface area contributed by atoms with Gasteiger partial charge in [0.2, 0.25) is 5.09 Å². The third-order valence-electron chi connectivity index (χ3n) is 3.31. The van der Waals surface area contributed by atoms with Crippen LogP contribution in [0.4, 0.5) is 0 Å². The van der Waals surface area contributed by atoms with Crippen LogP contribution in [0.1, 0.15) is 18.5 Å². The van der Waals surface area contributed by atoms with Crippen molar-refractivity contribution in [3.8, 4) is 11.5 Å². The molecule has 0 bridgehead atoms. The van der Waals surface area contributed by atoms with Crippen molar-refractivity contribution in [3.05, 3.63) is 17.7 Å². The number of nitrogens with zero attached hydrogens (tertiary/aromatic N) is 3. The van der Waals surface area contributed by atoms with Crippen LogP contribution < -0.4 is 5.32 Å². The van der Waals surface area contributed by atoms with Gasteiger partial charge in [0, 0.05) is 32.6 Å². The molecule has 0 aliphatic rings. The third-order valence-corrected chi connectivity index (χ3v) is 4.98. The second-order valence-electron chi connectivity index (χ2n) is 5.23. The van der Waals surface area contributed by atoms with Crippen LogP contribution in [0.25, 0.3) is 11.5 Å². The molecule has 2 heterocycles. The minimum absolute atomic E-state index is 0.145. The van der Waals surface area contributed by atoms with Crippen LogP contribution in [0.5, 0.6) is 0 Å². The van der Waals surface area contributed by atoms with Gasteiger partial charge in [0.15, 0.2) is 5.82 Å². The predicted octanol–water partition coefficient (Wildman–Crippen LogP) is 1.04. The Morgan fingerprint density at radius 3 is 2.68 bits per heavy atom. The molecule has 0 amide bonds. The third kappa shape index (κ3) is 3.21. The topological polar surface area (TPSA) is 101 Å². The Morgan fingerprint density at radius 1 is 1.41 bits per heavy atom. The van der Waals surface area contributed by atoms with Crippen molar-refractivity contribution >= 4 is 10.0 Å². The Labute approximate surface area is 129 Å². The molecule has 1 atom stereocenters. The molecule has 2 rings (SSSR count). The minimum Gasteiger partial charge on any atom is -0.448 e. The zero-order chi connectivity index (χ0) is 16.5. The summed E-state index contributed by atoms with van der Waals surface area (Å²) in [5, 5.41) is 6.84. The first kappa shape index (κ1) is 16.7. The van der Waals surface area contributed by atoms with E-state index in [2.05, 4.69) is 15.5 Å². The van der Waals surface area contributed by atoms with Gasteiger partial charge in [-0.2, -0.15) is 4.98 Å². The van der Waals surface area contributed by atoms with E-state index in [-0.39, 0.29) is 17.0 Å². The van der Waals surface area contributed by atoms with Crippen molar-refractivity contribution in [2.75, 3.05) is 21.1 Å². The largest absolute Gasteiger partial charge is 0.448 e. The van der Waals surface area contributed by atoms with Crippen LogP contribution in [0.15, 0.2) is 20.1 Å². The smallest absolute Gasteiger partial charge is 0.275 e. The SMILES string of the molecule is CNC(C)Cc1noc(-c2cc(S(=O)(=O)N(C)C)oc2C)n1. The summed E-state index contributed by atoms with van der Waals surface area (Å²) < 4.78 is 35.8. The Bertz CT molecular complexity index is 748. The summed E-state index contributed by atoms with van der Waals surface area (Å²) in [5.74, 6) is 1.21. The van der Waals surface area contributed by atoms with Crippen molar-refractivity contribution in [3.63, 3.8) is 0 Å². The summed E-state index contributed by atoms with van der Waals surface area (Å²) >= 11 is 0. The van der Waals surface area contributed by atoms with Crippen LogP contribution in [-0.2, 0) is 16.4 Å². The molecule has 22 heavy (non-hydrogen) atoms. The number of furan rings is 1. The first-order chi connectivity index (χ1) is 10.3. The molecule has 8 nitrogen and oxygen atoms in total. The number of likely N-dealkylation sites (N-methyl/N-ethyl adjacent to an activating group) is 1. The quantitative estimate of drug-likeness (QED) is 0.845. The van der Waals surface area contributed by atoms with Gasteiger partial charge in [0.05, 0.1) is 5.56 Å². The monoisotopic (exact) mass is 328 g/mol. The Morgan fingerprint density at radius 2 is 2.09 bits per heavy atom. The molecule has 122 valence electrons. The molecule has 1 N–H and O–H groups in total. The summed E-state index contributed by atoms with van der Waals surface area (Å²) in [4.78, 5) is 4.28. The van der Waals surface area contributed by atoms with E-state index in [0.717, 1.165) is 4.31 Å². The lowest BCUT2D eigenvalue weighted by atomic mass is 10.2. The number of rotatable bonds is 6. The molecule has 0 aliphatic heterocycles. The molecule has 0 spiro atoms. The number of sulfonamides is 1. The van der Waals surface area contributed by atoms with Gasteiger partial charge < -0.3 is 14.3 Å². The van der Waals surface area contributed by atoms with Gasteiger partial charge in [-0.1, -0.05) is 5.16 Å². The Hall–Kier alpha value is -1.71. The van der Waals surface area contributed by atoms with E-state index in [1.165, 1.54) is 20.2 Å². The zero-order valence-electron chi connectivity index (χ0n) is 13.2. The number of hydrogen-bond donors (Lipinski definition) is 1. The lowest BCUT2D eigenvalue weighted by molar-refractivity contribution is 0.405. The molecule has 2 aromatic rings. The average Bonchev–Trinajstić information content (AvgIpc) is 3.05. The highest BCUT2D eigenvalue weighted by Crippen LogP contribution is 2.28. The lowest BCUT2D eigenvalue weighted by Crippen LogP contribution is -2.24. The molecule has 0 radical (unpaired) electrons. The molecular weight excluding hydrogens is 308 g/mol. The fourth-order valence-electron chi connectivity index (χ4n) is 1.80. The van der Waals surface area contributed by atoms with Gasteiger partial charge in [0.1, 0.15) is 5.76 Å². The second-order valence-corrected chi connectivity index (χ2v) is 7.32. The fraction of sp³-hybridized carbons (Fsp3) is 0.538. The standard InChI is InChI=1S/C13H20N4O4S/c1-8(14-3)6-11-15-13(21-16-11)10-7-12(20-9(10)2)22(18,19)17(4)5/h7-8,14H,6H2,1-5H3. The van der Waals surface area contributed by atoms with Crippen molar-refractivity contribution in [1.29, 1.82) is 0 Å². The summed E-state index contributed by atoms with van der Waals surface area (Å²) in [5.41, 5.74) is 0.483. The van der Waals surface area contributed by atoms with Gasteiger partial charge in [-0.05, 0) is 20.9 Å². The highest BCUT2D eigenvalue weighted by Gasteiger charge is 2.25. The summed E-state index contributed by atoms with van der Waals surface area (Å²) in [6.07, 6.45) is 0.611. The molecule has 0 fully saturated rings. The molecular formula is C13H20N4O4S. The molecule has 9 heteroatoms. The van der Waals surface area contributed by atoms with Crippen LogP contribution in [-0.4, -0.2) is 50.0 Å². The highest BCUT2D eigenvalue weighted by molar-refractivity contribution is 7.88. The highest BCUT2D eigenvalue weighted by atomic mass is 32.2. The molecule has 0 aromatic carbocycles. The van der Waals surface area contributed by atoms with E-state index in [1.807, 2.05) is 14.0 Å². The normalized spacial score (nSPS) is 13.7. The maximum Gasteiger partial charge on any atom is 0.275 e. The molecule has 0 aliphatic carbocycles. The van der Waals surface area contributed by atoms with Crippen LogP contribution in [0.3, 0.4) is 0 Å². The maximum atomic E-state index is 12.1. The van der Waals surface area contributed by atoms with E-state index in [4.69, 9.17) is 8.94 Å². The van der Waals surface area contributed by atoms with Crippen molar-refractivity contribution in [1.82, 2.24) is 19.8 Å². The van der Waals surface area contributed by atoms with Crippen molar-refractivity contribution < 1.29 is 17.4 Å².